The summed E-state index contributed by atoms with van der Waals surface area (Å²) in [7, 11) is -1.52. The van der Waals surface area contributed by atoms with Gasteiger partial charge in [0.2, 0.25) is 10.0 Å². The molecular formula is C11H22N2O3S. The predicted molar refractivity (Wildman–Crippen MR) is 66.4 cm³/mol. The predicted octanol–water partition coefficient (Wildman–Crippen LogP) is 0.224. The molecule has 0 aromatic carbocycles. The number of sulfonamides is 1. The summed E-state index contributed by atoms with van der Waals surface area (Å²) in [4.78, 5) is 0. The maximum absolute atomic E-state index is 12.0. The van der Waals surface area contributed by atoms with Gasteiger partial charge in [-0.05, 0) is 32.6 Å². The molecule has 0 spiro atoms. The lowest BCUT2D eigenvalue weighted by atomic mass is 9.90. The Morgan fingerprint density at radius 3 is 2.47 bits per heavy atom. The summed E-state index contributed by atoms with van der Waals surface area (Å²) in [6.45, 7) is 2.30. The Labute approximate surface area is 103 Å². The zero-order valence-corrected chi connectivity index (χ0v) is 11.3. The van der Waals surface area contributed by atoms with E-state index in [0.29, 0.717) is 12.6 Å². The first-order valence-electron chi connectivity index (χ1n) is 6.28. The first-order chi connectivity index (χ1) is 8.01. The summed E-state index contributed by atoms with van der Waals surface area (Å²) in [5.41, 5.74) is 0. The van der Waals surface area contributed by atoms with Gasteiger partial charge in [-0.25, -0.2) is 13.1 Å². The molecule has 0 aromatic rings. The van der Waals surface area contributed by atoms with Gasteiger partial charge in [0.15, 0.2) is 0 Å². The zero-order chi connectivity index (χ0) is 12.5. The van der Waals surface area contributed by atoms with E-state index < -0.39 is 10.0 Å². The highest BCUT2D eigenvalue weighted by atomic mass is 32.2. The lowest BCUT2D eigenvalue weighted by Gasteiger charge is -2.35. The summed E-state index contributed by atoms with van der Waals surface area (Å²) in [5.74, 6) is 0. The normalized spacial score (nSPS) is 30.9. The summed E-state index contributed by atoms with van der Waals surface area (Å²) in [5, 5.41) is 2.88. The van der Waals surface area contributed by atoms with Crippen LogP contribution >= 0.6 is 0 Å². The Kier molecular flexibility index (Phi) is 4.07. The van der Waals surface area contributed by atoms with Crippen molar-refractivity contribution in [2.45, 2.75) is 56.0 Å². The van der Waals surface area contributed by atoms with Crippen LogP contribution in [0.4, 0.5) is 0 Å². The van der Waals surface area contributed by atoms with Gasteiger partial charge in [-0.1, -0.05) is 0 Å². The summed E-state index contributed by atoms with van der Waals surface area (Å²) in [6.07, 6.45) is 4.16. The number of hydrogen-bond acceptors (Lipinski definition) is 4. The second kappa shape index (κ2) is 5.22. The topological polar surface area (TPSA) is 67.4 Å². The number of rotatable bonds is 7. The van der Waals surface area contributed by atoms with Crippen molar-refractivity contribution in [3.8, 4) is 0 Å². The lowest BCUT2D eigenvalue weighted by Crippen LogP contribution is -2.51. The molecule has 0 aromatic heterocycles. The van der Waals surface area contributed by atoms with Gasteiger partial charge in [0.25, 0.3) is 0 Å². The molecule has 0 heterocycles. The number of ether oxygens (including phenoxy) is 1. The molecule has 2 aliphatic carbocycles. The molecule has 1 atom stereocenters. The number of methoxy groups -OCH3 is 1. The van der Waals surface area contributed by atoms with Gasteiger partial charge >= 0.3 is 0 Å². The van der Waals surface area contributed by atoms with Crippen molar-refractivity contribution in [2.24, 2.45) is 0 Å². The van der Waals surface area contributed by atoms with Crippen LogP contribution in [0, 0.1) is 0 Å². The van der Waals surface area contributed by atoms with E-state index >= 15 is 0 Å². The quantitative estimate of drug-likeness (QED) is 0.689. The Bertz CT molecular complexity index is 348. The molecule has 1 unspecified atom stereocenters. The Balaban J connectivity index is 1.73. The maximum atomic E-state index is 12.0. The fourth-order valence-corrected chi connectivity index (χ4v) is 3.14. The van der Waals surface area contributed by atoms with Gasteiger partial charge in [0, 0.05) is 25.7 Å². The van der Waals surface area contributed by atoms with E-state index in [1.165, 1.54) is 12.8 Å². The van der Waals surface area contributed by atoms with Crippen LogP contribution in [0.1, 0.15) is 32.6 Å². The third kappa shape index (κ3) is 3.64. The second-order valence-electron chi connectivity index (χ2n) is 5.18. The van der Waals surface area contributed by atoms with Crippen molar-refractivity contribution in [2.75, 3.05) is 13.7 Å². The maximum Gasteiger partial charge on any atom is 0.215 e. The van der Waals surface area contributed by atoms with E-state index in [-0.39, 0.29) is 17.4 Å². The molecular weight excluding hydrogens is 240 g/mol. The average Bonchev–Trinajstić information content (AvgIpc) is 3.02. The van der Waals surface area contributed by atoms with Crippen molar-refractivity contribution in [1.82, 2.24) is 10.0 Å². The molecule has 0 amide bonds. The summed E-state index contributed by atoms with van der Waals surface area (Å²) < 4.78 is 31.8. The third-order valence-electron chi connectivity index (χ3n) is 3.56. The molecule has 5 nitrogen and oxygen atoms in total. The first-order valence-corrected chi connectivity index (χ1v) is 7.83. The fraction of sp³-hybridized carbons (Fsp3) is 1.00. The molecule has 6 heteroatoms. The third-order valence-corrected chi connectivity index (χ3v) is 5.45. The van der Waals surface area contributed by atoms with E-state index in [9.17, 15) is 8.42 Å². The molecule has 2 N–H and O–H groups in total. The molecule has 0 radical (unpaired) electrons. The van der Waals surface area contributed by atoms with Crippen LogP contribution in [-0.2, 0) is 14.8 Å². The SMILES string of the molecule is COC1CC(NS(=O)(=O)C(C)CNC2CC2)C1. The number of nitrogens with one attached hydrogen (secondary N) is 2. The fourth-order valence-electron chi connectivity index (χ4n) is 1.93. The van der Waals surface area contributed by atoms with E-state index in [1.54, 1.807) is 14.0 Å². The van der Waals surface area contributed by atoms with Crippen molar-refractivity contribution < 1.29 is 13.2 Å². The van der Waals surface area contributed by atoms with Crippen molar-refractivity contribution in [1.29, 1.82) is 0 Å². The Morgan fingerprint density at radius 2 is 1.94 bits per heavy atom. The van der Waals surface area contributed by atoms with Gasteiger partial charge < -0.3 is 10.1 Å². The summed E-state index contributed by atoms with van der Waals surface area (Å²) >= 11 is 0. The highest BCUT2D eigenvalue weighted by Gasteiger charge is 2.34. The molecule has 2 rings (SSSR count). The second-order valence-corrected chi connectivity index (χ2v) is 7.31. The molecule has 0 aliphatic heterocycles. The smallest absolute Gasteiger partial charge is 0.215 e. The minimum Gasteiger partial charge on any atom is -0.381 e. The standard InChI is InChI=1S/C11H22N2O3S/c1-8(7-12-9-3-4-9)17(14,15)13-10-5-11(6-10)16-2/h8-13H,3-7H2,1-2H3. The van der Waals surface area contributed by atoms with Crippen LogP contribution in [-0.4, -0.2) is 45.5 Å². The van der Waals surface area contributed by atoms with Gasteiger partial charge in [-0.2, -0.15) is 0 Å². The van der Waals surface area contributed by atoms with Crippen LogP contribution in [0.5, 0.6) is 0 Å². The van der Waals surface area contributed by atoms with Gasteiger partial charge in [-0.15, -0.1) is 0 Å². The van der Waals surface area contributed by atoms with Gasteiger partial charge in [0.05, 0.1) is 11.4 Å². The van der Waals surface area contributed by atoms with Gasteiger partial charge in [-0.3, -0.25) is 0 Å². The number of hydrogen-bond donors (Lipinski definition) is 2. The van der Waals surface area contributed by atoms with E-state index in [4.69, 9.17) is 4.74 Å². The van der Waals surface area contributed by atoms with Crippen molar-refractivity contribution >= 4 is 10.0 Å². The van der Waals surface area contributed by atoms with Crippen LogP contribution in [0.3, 0.4) is 0 Å². The van der Waals surface area contributed by atoms with Crippen LogP contribution in [0.25, 0.3) is 0 Å². The zero-order valence-electron chi connectivity index (χ0n) is 10.5. The first kappa shape index (κ1) is 13.3. The molecule has 2 fully saturated rings. The van der Waals surface area contributed by atoms with Crippen molar-refractivity contribution in [3.63, 3.8) is 0 Å². The van der Waals surface area contributed by atoms with Crippen LogP contribution < -0.4 is 10.0 Å². The molecule has 0 bridgehead atoms. The highest BCUT2D eigenvalue weighted by Crippen LogP contribution is 2.24. The minimum absolute atomic E-state index is 0.0633. The van der Waals surface area contributed by atoms with E-state index in [1.807, 2.05) is 0 Å². The molecule has 0 saturated heterocycles. The Morgan fingerprint density at radius 1 is 1.29 bits per heavy atom. The molecule has 100 valence electrons. The largest absolute Gasteiger partial charge is 0.381 e. The van der Waals surface area contributed by atoms with Gasteiger partial charge in [0.1, 0.15) is 0 Å². The monoisotopic (exact) mass is 262 g/mol. The Hall–Kier alpha value is -0.170. The van der Waals surface area contributed by atoms with Crippen molar-refractivity contribution in [3.05, 3.63) is 0 Å². The average molecular weight is 262 g/mol. The minimum atomic E-state index is -3.19. The molecule has 17 heavy (non-hydrogen) atoms. The van der Waals surface area contributed by atoms with Crippen LogP contribution in [0.15, 0.2) is 0 Å². The highest BCUT2D eigenvalue weighted by molar-refractivity contribution is 7.90. The molecule has 2 saturated carbocycles. The van der Waals surface area contributed by atoms with E-state index in [2.05, 4.69) is 10.0 Å². The van der Waals surface area contributed by atoms with Crippen LogP contribution in [0.2, 0.25) is 0 Å². The summed E-state index contributed by atoms with van der Waals surface area (Å²) in [6, 6.07) is 0.613. The molecule has 2 aliphatic rings. The van der Waals surface area contributed by atoms with E-state index in [0.717, 1.165) is 12.8 Å². The lowest BCUT2D eigenvalue weighted by molar-refractivity contribution is 0.0235.